The van der Waals surface area contributed by atoms with Gasteiger partial charge in [-0.2, -0.15) is 0 Å². The number of rotatable bonds is 5. The molecular formula is C11H12N2O4. The van der Waals surface area contributed by atoms with Gasteiger partial charge in [-0.15, -0.1) is 6.58 Å². The first kappa shape index (κ1) is 12.7. The Bertz CT molecular complexity index is 471. The Morgan fingerprint density at radius 3 is 2.76 bits per heavy atom. The van der Waals surface area contributed by atoms with Crippen LogP contribution in [0.4, 0.5) is 11.4 Å². The number of aromatic carboxylic acids is 1. The molecule has 0 aliphatic carbocycles. The van der Waals surface area contributed by atoms with Crippen LogP contribution in [-0.4, -0.2) is 22.0 Å². The second-order valence-corrected chi connectivity index (χ2v) is 3.46. The summed E-state index contributed by atoms with van der Waals surface area (Å²) in [6.07, 6.45) is 1.57. The lowest BCUT2D eigenvalue weighted by molar-refractivity contribution is -0.384. The zero-order valence-corrected chi connectivity index (χ0v) is 9.21. The molecule has 90 valence electrons. The molecule has 17 heavy (non-hydrogen) atoms. The fourth-order valence-corrected chi connectivity index (χ4v) is 1.25. The van der Waals surface area contributed by atoms with Crippen LogP contribution < -0.4 is 5.32 Å². The Morgan fingerprint density at radius 2 is 2.29 bits per heavy atom. The highest BCUT2D eigenvalue weighted by Crippen LogP contribution is 2.26. The highest BCUT2D eigenvalue weighted by Gasteiger charge is 2.17. The average molecular weight is 236 g/mol. The first-order valence-corrected chi connectivity index (χ1v) is 4.86. The summed E-state index contributed by atoms with van der Waals surface area (Å²) in [4.78, 5) is 21.0. The van der Waals surface area contributed by atoms with Gasteiger partial charge in [-0.25, -0.2) is 4.79 Å². The predicted molar refractivity (Wildman–Crippen MR) is 63.3 cm³/mol. The first-order valence-electron chi connectivity index (χ1n) is 4.86. The Labute approximate surface area is 97.7 Å². The van der Waals surface area contributed by atoms with Gasteiger partial charge in [-0.1, -0.05) is 6.08 Å². The monoisotopic (exact) mass is 236 g/mol. The summed E-state index contributed by atoms with van der Waals surface area (Å²) in [6.45, 7) is 5.29. The number of benzene rings is 1. The van der Waals surface area contributed by atoms with Crippen LogP contribution >= 0.6 is 0 Å². The zero-order chi connectivity index (χ0) is 13.0. The minimum absolute atomic E-state index is 0.00522. The fraction of sp³-hybridized carbons (Fsp3) is 0.182. The zero-order valence-electron chi connectivity index (χ0n) is 9.21. The molecule has 1 rings (SSSR count). The second kappa shape index (κ2) is 5.11. The SMILES string of the molecule is C=CC(C)Nc1cc(C(=O)O)ccc1[N+](=O)[O-]. The third-order valence-electron chi connectivity index (χ3n) is 2.18. The Balaban J connectivity index is 3.20. The van der Waals surface area contributed by atoms with Gasteiger partial charge >= 0.3 is 5.97 Å². The van der Waals surface area contributed by atoms with Gasteiger partial charge in [-0.05, 0) is 19.1 Å². The van der Waals surface area contributed by atoms with Gasteiger partial charge in [0.1, 0.15) is 5.69 Å². The van der Waals surface area contributed by atoms with Gasteiger partial charge < -0.3 is 10.4 Å². The summed E-state index contributed by atoms with van der Waals surface area (Å²) in [5.74, 6) is -1.13. The van der Waals surface area contributed by atoms with Gasteiger partial charge in [0.15, 0.2) is 0 Å². The third kappa shape index (κ3) is 3.04. The number of carboxylic acids is 1. The van der Waals surface area contributed by atoms with Crippen LogP contribution in [0.2, 0.25) is 0 Å². The first-order chi connectivity index (χ1) is 7.95. The van der Waals surface area contributed by atoms with Gasteiger partial charge in [0, 0.05) is 12.1 Å². The van der Waals surface area contributed by atoms with Crippen molar-refractivity contribution in [1.29, 1.82) is 0 Å². The van der Waals surface area contributed by atoms with Crippen LogP contribution in [0.25, 0.3) is 0 Å². The van der Waals surface area contributed by atoms with Crippen molar-refractivity contribution in [2.75, 3.05) is 5.32 Å². The van der Waals surface area contributed by atoms with E-state index in [0.29, 0.717) is 0 Å². The van der Waals surface area contributed by atoms with E-state index in [2.05, 4.69) is 11.9 Å². The lowest BCUT2D eigenvalue weighted by Crippen LogP contribution is -2.13. The summed E-state index contributed by atoms with van der Waals surface area (Å²) in [6, 6.07) is 3.41. The molecule has 0 aliphatic heterocycles. The smallest absolute Gasteiger partial charge is 0.335 e. The number of hydrogen-bond acceptors (Lipinski definition) is 4. The van der Waals surface area contributed by atoms with Crippen LogP contribution in [0.15, 0.2) is 30.9 Å². The largest absolute Gasteiger partial charge is 0.478 e. The molecule has 1 aromatic rings. The van der Waals surface area contributed by atoms with E-state index in [9.17, 15) is 14.9 Å². The topological polar surface area (TPSA) is 92.5 Å². The molecule has 6 heteroatoms. The highest BCUT2D eigenvalue weighted by molar-refractivity contribution is 5.90. The highest BCUT2D eigenvalue weighted by atomic mass is 16.6. The van der Waals surface area contributed by atoms with Crippen LogP contribution in [-0.2, 0) is 0 Å². The molecule has 0 heterocycles. The molecule has 0 fully saturated rings. The molecule has 0 bridgehead atoms. The van der Waals surface area contributed by atoms with E-state index in [1.807, 2.05) is 0 Å². The molecule has 0 saturated heterocycles. The maximum Gasteiger partial charge on any atom is 0.335 e. The van der Waals surface area contributed by atoms with Crippen molar-refractivity contribution in [3.05, 3.63) is 46.5 Å². The second-order valence-electron chi connectivity index (χ2n) is 3.46. The molecule has 0 saturated carbocycles. The van der Waals surface area contributed by atoms with Crippen molar-refractivity contribution >= 4 is 17.3 Å². The van der Waals surface area contributed by atoms with E-state index in [-0.39, 0.29) is 23.0 Å². The number of nitrogens with one attached hydrogen (secondary N) is 1. The summed E-state index contributed by atoms with van der Waals surface area (Å²) >= 11 is 0. The maximum absolute atomic E-state index is 10.8. The quantitative estimate of drug-likeness (QED) is 0.464. The van der Waals surface area contributed by atoms with E-state index >= 15 is 0 Å². The maximum atomic E-state index is 10.8. The molecular weight excluding hydrogens is 224 g/mol. The van der Waals surface area contributed by atoms with E-state index in [0.717, 1.165) is 0 Å². The number of nitro groups is 1. The van der Waals surface area contributed by atoms with Crippen molar-refractivity contribution in [2.24, 2.45) is 0 Å². The molecule has 0 amide bonds. The van der Waals surface area contributed by atoms with Crippen molar-refractivity contribution < 1.29 is 14.8 Å². The van der Waals surface area contributed by atoms with Crippen molar-refractivity contribution in [2.45, 2.75) is 13.0 Å². The number of carboxylic acid groups (broad SMARTS) is 1. The summed E-state index contributed by atoms with van der Waals surface area (Å²) in [7, 11) is 0. The van der Waals surface area contributed by atoms with Crippen LogP contribution in [0.1, 0.15) is 17.3 Å². The molecule has 1 atom stereocenters. The van der Waals surface area contributed by atoms with Crippen LogP contribution in [0, 0.1) is 10.1 Å². The standard InChI is InChI=1S/C11H12N2O4/c1-3-7(2)12-9-6-8(11(14)15)4-5-10(9)13(16)17/h3-7,12H,1H2,2H3,(H,14,15). The summed E-state index contributed by atoms with van der Waals surface area (Å²) in [5.41, 5.74) is 0.000335. The van der Waals surface area contributed by atoms with Gasteiger partial charge in [0.2, 0.25) is 0 Å². The van der Waals surface area contributed by atoms with Crippen molar-refractivity contribution in [3.63, 3.8) is 0 Å². The molecule has 0 aliphatic rings. The molecule has 1 aromatic carbocycles. The van der Waals surface area contributed by atoms with E-state index < -0.39 is 10.9 Å². The summed E-state index contributed by atoms with van der Waals surface area (Å²) < 4.78 is 0. The van der Waals surface area contributed by atoms with Gasteiger partial charge in [0.25, 0.3) is 5.69 Å². The molecule has 0 radical (unpaired) electrons. The molecule has 2 N–H and O–H groups in total. The minimum Gasteiger partial charge on any atom is -0.478 e. The van der Waals surface area contributed by atoms with E-state index in [1.165, 1.54) is 18.2 Å². The lowest BCUT2D eigenvalue weighted by Gasteiger charge is -2.11. The molecule has 6 nitrogen and oxygen atoms in total. The van der Waals surface area contributed by atoms with Crippen LogP contribution in [0.5, 0.6) is 0 Å². The fourth-order valence-electron chi connectivity index (χ4n) is 1.25. The Hall–Kier alpha value is -2.37. The average Bonchev–Trinajstić information content (AvgIpc) is 2.28. The lowest BCUT2D eigenvalue weighted by atomic mass is 10.1. The summed E-state index contributed by atoms with van der Waals surface area (Å²) in [5, 5.41) is 22.4. The van der Waals surface area contributed by atoms with Gasteiger partial charge in [0.05, 0.1) is 10.5 Å². The van der Waals surface area contributed by atoms with Crippen molar-refractivity contribution in [1.82, 2.24) is 0 Å². The predicted octanol–water partition coefficient (Wildman–Crippen LogP) is 2.28. The van der Waals surface area contributed by atoms with E-state index in [1.54, 1.807) is 13.0 Å². The van der Waals surface area contributed by atoms with E-state index in [4.69, 9.17) is 5.11 Å². The number of nitrogens with zero attached hydrogens (tertiary/aromatic N) is 1. The Morgan fingerprint density at radius 1 is 1.65 bits per heavy atom. The molecule has 1 unspecified atom stereocenters. The van der Waals surface area contributed by atoms with Crippen molar-refractivity contribution in [3.8, 4) is 0 Å². The number of nitro benzene ring substituents is 1. The minimum atomic E-state index is -1.13. The third-order valence-corrected chi connectivity index (χ3v) is 2.18. The normalized spacial score (nSPS) is 11.6. The van der Waals surface area contributed by atoms with Crippen LogP contribution in [0.3, 0.4) is 0 Å². The molecule has 0 spiro atoms. The number of hydrogen-bond donors (Lipinski definition) is 2. The van der Waals surface area contributed by atoms with Gasteiger partial charge in [-0.3, -0.25) is 10.1 Å². The Kier molecular flexibility index (Phi) is 3.82. The molecule has 0 aromatic heterocycles. The number of anilines is 1. The number of carbonyl (C=O) groups is 1.